The van der Waals surface area contributed by atoms with Crippen LogP contribution in [0.1, 0.15) is 43.9 Å². The standard InChI is InChI=1S/C16H25NO/c1-5-8-17-16(13-10-12(13)3)14-9-11(2)6-7-15(14)18-4/h6-7,9,12-13,16-17H,5,8,10H2,1-4H3. The van der Waals surface area contributed by atoms with Gasteiger partial charge in [0.25, 0.3) is 0 Å². The lowest BCUT2D eigenvalue weighted by Crippen LogP contribution is -2.25. The van der Waals surface area contributed by atoms with Gasteiger partial charge < -0.3 is 10.1 Å². The molecule has 3 unspecified atom stereocenters. The molecule has 1 fully saturated rings. The summed E-state index contributed by atoms with van der Waals surface area (Å²) in [4.78, 5) is 0. The van der Waals surface area contributed by atoms with E-state index in [-0.39, 0.29) is 0 Å². The summed E-state index contributed by atoms with van der Waals surface area (Å²) in [5, 5.41) is 3.70. The maximum Gasteiger partial charge on any atom is 0.123 e. The number of nitrogens with one attached hydrogen (secondary N) is 1. The number of methoxy groups -OCH3 is 1. The highest BCUT2D eigenvalue weighted by Crippen LogP contribution is 2.48. The maximum absolute atomic E-state index is 5.53. The molecule has 0 amide bonds. The zero-order valence-corrected chi connectivity index (χ0v) is 12.0. The molecule has 1 aromatic carbocycles. The van der Waals surface area contributed by atoms with Crippen LogP contribution in [0.25, 0.3) is 0 Å². The first-order valence-corrected chi connectivity index (χ1v) is 7.05. The van der Waals surface area contributed by atoms with Gasteiger partial charge in [-0.1, -0.05) is 31.5 Å². The van der Waals surface area contributed by atoms with Gasteiger partial charge in [0.2, 0.25) is 0 Å². The average Bonchev–Trinajstić information content (AvgIpc) is 3.07. The van der Waals surface area contributed by atoms with Gasteiger partial charge in [0.05, 0.1) is 7.11 Å². The van der Waals surface area contributed by atoms with Gasteiger partial charge in [0, 0.05) is 11.6 Å². The third-order valence-electron chi connectivity index (χ3n) is 3.93. The molecule has 2 nitrogen and oxygen atoms in total. The molecule has 0 aromatic heterocycles. The second-order valence-electron chi connectivity index (χ2n) is 5.55. The van der Waals surface area contributed by atoms with Gasteiger partial charge in [-0.2, -0.15) is 0 Å². The van der Waals surface area contributed by atoms with E-state index >= 15 is 0 Å². The van der Waals surface area contributed by atoms with Crippen LogP contribution in [-0.4, -0.2) is 13.7 Å². The summed E-state index contributed by atoms with van der Waals surface area (Å²) in [6, 6.07) is 6.94. The van der Waals surface area contributed by atoms with Crippen LogP contribution < -0.4 is 10.1 Å². The molecular weight excluding hydrogens is 222 g/mol. The first kappa shape index (κ1) is 13.4. The van der Waals surface area contributed by atoms with E-state index in [0.717, 1.165) is 24.1 Å². The van der Waals surface area contributed by atoms with E-state index in [1.54, 1.807) is 7.11 Å². The molecule has 0 spiro atoms. The predicted octanol–water partition coefficient (Wildman–Crippen LogP) is 3.70. The Morgan fingerprint density at radius 3 is 2.72 bits per heavy atom. The first-order chi connectivity index (χ1) is 8.67. The maximum atomic E-state index is 5.53. The summed E-state index contributed by atoms with van der Waals surface area (Å²) in [7, 11) is 1.77. The Hall–Kier alpha value is -1.02. The number of rotatable bonds is 6. The molecule has 0 saturated heterocycles. The highest BCUT2D eigenvalue weighted by molar-refractivity contribution is 5.40. The van der Waals surface area contributed by atoms with Gasteiger partial charge >= 0.3 is 0 Å². The molecule has 0 bridgehead atoms. The molecule has 2 rings (SSSR count). The molecule has 100 valence electrons. The molecule has 1 aliphatic rings. The van der Waals surface area contributed by atoms with Crippen LogP contribution in [0.4, 0.5) is 0 Å². The molecule has 0 radical (unpaired) electrons. The summed E-state index contributed by atoms with van der Waals surface area (Å²) >= 11 is 0. The van der Waals surface area contributed by atoms with E-state index in [1.807, 2.05) is 0 Å². The van der Waals surface area contributed by atoms with Crippen LogP contribution in [0.2, 0.25) is 0 Å². The van der Waals surface area contributed by atoms with Crippen LogP contribution in [0, 0.1) is 18.8 Å². The molecule has 18 heavy (non-hydrogen) atoms. The van der Waals surface area contributed by atoms with Gasteiger partial charge in [-0.3, -0.25) is 0 Å². The van der Waals surface area contributed by atoms with Crippen LogP contribution >= 0.6 is 0 Å². The van der Waals surface area contributed by atoms with Gasteiger partial charge in [-0.05, 0) is 44.2 Å². The summed E-state index contributed by atoms with van der Waals surface area (Å²) < 4.78 is 5.53. The average molecular weight is 247 g/mol. The largest absolute Gasteiger partial charge is 0.496 e. The number of benzene rings is 1. The Morgan fingerprint density at radius 2 is 2.17 bits per heavy atom. The number of ether oxygens (including phenoxy) is 1. The minimum absolute atomic E-state index is 0.454. The summed E-state index contributed by atoms with van der Waals surface area (Å²) in [5.74, 6) is 2.63. The van der Waals surface area contributed by atoms with Crippen molar-refractivity contribution in [1.82, 2.24) is 5.32 Å². The second-order valence-corrected chi connectivity index (χ2v) is 5.55. The van der Waals surface area contributed by atoms with Gasteiger partial charge in [-0.15, -0.1) is 0 Å². The molecular formula is C16H25NO. The molecule has 3 atom stereocenters. The van der Waals surface area contributed by atoms with Crippen molar-refractivity contribution in [2.75, 3.05) is 13.7 Å². The summed E-state index contributed by atoms with van der Waals surface area (Å²) in [6.45, 7) is 7.78. The molecule has 1 saturated carbocycles. The van der Waals surface area contributed by atoms with Crippen LogP contribution in [0.3, 0.4) is 0 Å². The fourth-order valence-electron chi connectivity index (χ4n) is 2.70. The minimum atomic E-state index is 0.454. The van der Waals surface area contributed by atoms with Crippen LogP contribution in [0.15, 0.2) is 18.2 Å². The zero-order valence-electron chi connectivity index (χ0n) is 12.0. The minimum Gasteiger partial charge on any atom is -0.496 e. The van der Waals surface area contributed by atoms with E-state index < -0.39 is 0 Å². The van der Waals surface area contributed by atoms with Crippen molar-refractivity contribution in [2.45, 2.75) is 39.7 Å². The second kappa shape index (κ2) is 5.75. The number of aryl methyl sites for hydroxylation is 1. The Balaban J connectivity index is 2.25. The zero-order chi connectivity index (χ0) is 13.1. The Labute approximate surface area is 111 Å². The van der Waals surface area contributed by atoms with Crippen molar-refractivity contribution >= 4 is 0 Å². The molecule has 1 aliphatic carbocycles. The van der Waals surface area contributed by atoms with E-state index in [4.69, 9.17) is 4.74 Å². The normalized spacial score (nSPS) is 23.8. The Bertz CT molecular complexity index is 402. The quantitative estimate of drug-likeness (QED) is 0.827. The predicted molar refractivity (Wildman–Crippen MR) is 76.0 cm³/mol. The molecule has 0 aliphatic heterocycles. The highest BCUT2D eigenvalue weighted by atomic mass is 16.5. The lowest BCUT2D eigenvalue weighted by atomic mass is 9.98. The summed E-state index contributed by atoms with van der Waals surface area (Å²) in [5.41, 5.74) is 2.64. The van der Waals surface area contributed by atoms with E-state index in [0.29, 0.717) is 6.04 Å². The third-order valence-corrected chi connectivity index (χ3v) is 3.93. The first-order valence-electron chi connectivity index (χ1n) is 7.05. The van der Waals surface area contributed by atoms with Crippen molar-refractivity contribution in [2.24, 2.45) is 11.8 Å². The number of hydrogen-bond donors (Lipinski definition) is 1. The topological polar surface area (TPSA) is 21.3 Å². The van der Waals surface area contributed by atoms with Crippen molar-refractivity contribution in [1.29, 1.82) is 0 Å². The lowest BCUT2D eigenvalue weighted by molar-refractivity contribution is 0.387. The van der Waals surface area contributed by atoms with Crippen LogP contribution in [0.5, 0.6) is 5.75 Å². The number of hydrogen-bond acceptors (Lipinski definition) is 2. The Kier molecular flexibility index (Phi) is 4.28. The van der Waals surface area contributed by atoms with Gasteiger partial charge in [-0.25, -0.2) is 0 Å². The fraction of sp³-hybridized carbons (Fsp3) is 0.625. The van der Waals surface area contributed by atoms with Gasteiger partial charge in [0.1, 0.15) is 5.75 Å². The van der Waals surface area contributed by atoms with E-state index in [1.165, 1.54) is 24.0 Å². The van der Waals surface area contributed by atoms with Crippen molar-refractivity contribution in [3.05, 3.63) is 29.3 Å². The SMILES string of the molecule is CCCNC(c1cc(C)ccc1OC)C1CC1C. The Morgan fingerprint density at radius 1 is 1.44 bits per heavy atom. The van der Waals surface area contributed by atoms with Crippen molar-refractivity contribution in [3.63, 3.8) is 0 Å². The highest BCUT2D eigenvalue weighted by Gasteiger charge is 2.40. The van der Waals surface area contributed by atoms with Crippen molar-refractivity contribution < 1.29 is 4.74 Å². The van der Waals surface area contributed by atoms with E-state index in [2.05, 4.69) is 44.3 Å². The van der Waals surface area contributed by atoms with E-state index in [9.17, 15) is 0 Å². The van der Waals surface area contributed by atoms with Crippen LogP contribution in [-0.2, 0) is 0 Å². The molecule has 1 aromatic rings. The smallest absolute Gasteiger partial charge is 0.123 e. The molecule has 0 heterocycles. The van der Waals surface area contributed by atoms with Gasteiger partial charge in [0.15, 0.2) is 0 Å². The fourth-order valence-corrected chi connectivity index (χ4v) is 2.70. The summed E-state index contributed by atoms with van der Waals surface area (Å²) in [6.07, 6.45) is 2.50. The lowest BCUT2D eigenvalue weighted by Gasteiger charge is -2.22. The molecule has 1 N–H and O–H groups in total. The monoisotopic (exact) mass is 247 g/mol. The molecule has 2 heteroatoms. The third kappa shape index (κ3) is 2.86. The van der Waals surface area contributed by atoms with Crippen molar-refractivity contribution in [3.8, 4) is 5.75 Å².